The normalized spacial score (nSPS) is 12.4. The molecule has 0 N–H and O–H groups in total. The van der Waals surface area contributed by atoms with E-state index in [2.05, 4.69) is 35.8 Å². The van der Waals surface area contributed by atoms with Gasteiger partial charge in [0.1, 0.15) is 5.69 Å². The Morgan fingerprint density at radius 2 is 1.74 bits per heavy atom. The van der Waals surface area contributed by atoms with Gasteiger partial charge in [0.25, 0.3) is 5.95 Å². The van der Waals surface area contributed by atoms with Crippen molar-refractivity contribution in [3.05, 3.63) is 94.6 Å². The Bertz CT molecular complexity index is 1860. The van der Waals surface area contributed by atoms with Crippen molar-refractivity contribution in [2.24, 2.45) is 7.05 Å². The smallest absolute Gasteiger partial charge is 0.263 e. The number of aromatic nitrogens is 11. The van der Waals surface area contributed by atoms with Crippen LogP contribution in [0, 0.1) is 11.8 Å². The molecule has 11 nitrogen and oxygen atoms in total. The van der Waals surface area contributed by atoms with Crippen LogP contribution in [0.5, 0.6) is 0 Å². The molecule has 0 saturated carbocycles. The maximum Gasteiger partial charge on any atom is 0.333 e. The summed E-state index contributed by atoms with van der Waals surface area (Å²) >= 11 is 12.0. The first kappa shape index (κ1) is 27.5. The molecule has 1 atom stereocenters. The van der Waals surface area contributed by atoms with E-state index >= 15 is 4.39 Å². The minimum atomic E-state index is -2.81. The molecule has 214 valence electrons. The molecule has 0 amide bonds. The van der Waals surface area contributed by atoms with E-state index in [0.717, 1.165) is 0 Å². The van der Waals surface area contributed by atoms with Gasteiger partial charge in [0.15, 0.2) is 11.0 Å². The summed E-state index contributed by atoms with van der Waals surface area (Å²) in [4.78, 5) is 4.56. The van der Waals surface area contributed by atoms with Crippen LogP contribution in [-0.4, -0.2) is 54.5 Å². The van der Waals surface area contributed by atoms with E-state index in [4.69, 9.17) is 23.2 Å². The third-order valence-electron chi connectivity index (χ3n) is 6.45. The highest BCUT2D eigenvalue weighted by Crippen LogP contribution is 2.34. The lowest BCUT2D eigenvalue weighted by Crippen LogP contribution is -2.16. The zero-order valence-electron chi connectivity index (χ0n) is 21.3. The zero-order chi connectivity index (χ0) is 29.5. The standard InChI is InChI=1S/C25H17Cl2F4N11/c1-39-23(24(29)35-37-39)14-10-33-41(11-14)19(8-15-6-7-40(36-15)25(30)31)17-4-2-13(9-32-17)21-18(5-3-16(26)22(21)28)42-12-20(27)34-38-42/h2-7,9-12,19,25H,8H2,1H3. The van der Waals surface area contributed by atoms with Gasteiger partial charge in [0.05, 0.1) is 40.5 Å². The predicted octanol–water partition coefficient (Wildman–Crippen LogP) is 5.33. The van der Waals surface area contributed by atoms with E-state index in [9.17, 15) is 13.2 Å². The summed E-state index contributed by atoms with van der Waals surface area (Å²) < 4.78 is 60.6. The first-order valence-corrected chi connectivity index (χ1v) is 12.9. The maximum atomic E-state index is 15.3. The molecular formula is C25H17Cl2F4N11. The lowest BCUT2D eigenvalue weighted by atomic mass is 10.0. The molecule has 0 fully saturated rings. The van der Waals surface area contributed by atoms with Gasteiger partial charge in [0.2, 0.25) is 0 Å². The van der Waals surface area contributed by atoms with Crippen LogP contribution in [0.4, 0.5) is 17.6 Å². The molecule has 0 saturated heterocycles. The molecule has 0 aliphatic rings. The van der Waals surface area contributed by atoms with Gasteiger partial charge in [-0.25, -0.2) is 18.4 Å². The molecular weight excluding hydrogens is 601 g/mol. The summed E-state index contributed by atoms with van der Waals surface area (Å²) in [5, 5.41) is 23.1. The highest BCUT2D eigenvalue weighted by atomic mass is 35.5. The summed E-state index contributed by atoms with van der Waals surface area (Å²) in [6, 6.07) is 7.00. The molecule has 17 heteroatoms. The summed E-state index contributed by atoms with van der Waals surface area (Å²) in [6.45, 7) is -2.81. The van der Waals surface area contributed by atoms with Crippen molar-refractivity contribution in [2.75, 3.05) is 0 Å². The molecule has 5 aromatic heterocycles. The van der Waals surface area contributed by atoms with Crippen molar-refractivity contribution < 1.29 is 17.6 Å². The number of rotatable bonds is 8. The van der Waals surface area contributed by atoms with Gasteiger partial charge in [-0.3, -0.25) is 9.67 Å². The number of benzene rings is 1. The van der Waals surface area contributed by atoms with Crippen LogP contribution >= 0.6 is 23.2 Å². The Morgan fingerprint density at radius 1 is 0.905 bits per heavy atom. The third-order valence-corrected chi connectivity index (χ3v) is 6.91. The van der Waals surface area contributed by atoms with Crippen LogP contribution in [0.1, 0.15) is 24.0 Å². The SMILES string of the molecule is Cn1nnc(F)c1-c1cnn(C(Cc2ccn(C(F)F)n2)c2ccc(-c3c(-n4cc(Cl)nn4)ccc(Cl)c3F)cn2)c1. The Labute approximate surface area is 243 Å². The molecule has 0 bridgehead atoms. The number of aryl methyl sites for hydroxylation is 1. The van der Waals surface area contributed by atoms with Crippen molar-refractivity contribution in [3.63, 3.8) is 0 Å². The first-order valence-electron chi connectivity index (χ1n) is 12.1. The average molecular weight is 618 g/mol. The monoisotopic (exact) mass is 617 g/mol. The maximum absolute atomic E-state index is 15.3. The molecule has 5 heterocycles. The van der Waals surface area contributed by atoms with Gasteiger partial charge in [0, 0.05) is 48.7 Å². The van der Waals surface area contributed by atoms with Crippen molar-refractivity contribution >= 4 is 23.2 Å². The summed E-state index contributed by atoms with van der Waals surface area (Å²) in [5.74, 6) is -1.48. The summed E-state index contributed by atoms with van der Waals surface area (Å²) in [7, 11) is 1.54. The van der Waals surface area contributed by atoms with E-state index in [1.165, 1.54) is 58.0 Å². The molecule has 6 aromatic rings. The average Bonchev–Trinajstić information content (AvgIpc) is 3.78. The Hall–Kier alpha value is -4.63. The van der Waals surface area contributed by atoms with Gasteiger partial charge in [-0.1, -0.05) is 44.8 Å². The van der Waals surface area contributed by atoms with E-state index < -0.39 is 24.4 Å². The quantitative estimate of drug-likeness (QED) is 0.212. The second kappa shape index (κ2) is 11.0. The minimum Gasteiger partial charge on any atom is -0.263 e. The molecule has 0 aliphatic heterocycles. The van der Waals surface area contributed by atoms with Crippen LogP contribution in [0.2, 0.25) is 10.2 Å². The number of pyridine rings is 1. The molecule has 0 radical (unpaired) electrons. The molecule has 6 rings (SSSR count). The van der Waals surface area contributed by atoms with Crippen LogP contribution in [0.3, 0.4) is 0 Å². The van der Waals surface area contributed by atoms with Crippen LogP contribution in [0.15, 0.2) is 61.3 Å². The van der Waals surface area contributed by atoms with E-state index in [1.807, 2.05) is 0 Å². The molecule has 42 heavy (non-hydrogen) atoms. The van der Waals surface area contributed by atoms with Crippen molar-refractivity contribution in [3.8, 4) is 28.1 Å². The van der Waals surface area contributed by atoms with Crippen LogP contribution in [-0.2, 0) is 13.5 Å². The highest BCUT2D eigenvalue weighted by molar-refractivity contribution is 6.31. The lowest BCUT2D eigenvalue weighted by Gasteiger charge is -2.17. The topological polar surface area (TPSA) is 110 Å². The largest absolute Gasteiger partial charge is 0.333 e. The van der Waals surface area contributed by atoms with Crippen molar-refractivity contribution in [1.82, 2.24) is 54.5 Å². The van der Waals surface area contributed by atoms with Gasteiger partial charge in [-0.05, 0) is 24.3 Å². The fourth-order valence-electron chi connectivity index (χ4n) is 4.51. The predicted molar refractivity (Wildman–Crippen MR) is 142 cm³/mol. The number of hydrogen-bond acceptors (Lipinski definition) is 7. The molecule has 1 aromatic carbocycles. The third kappa shape index (κ3) is 5.12. The fraction of sp³-hybridized carbons (Fsp3) is 0.160. The lowest BCUT2D eigenvalue weighted by molar-refractivity contribution is 0.0561. The molecule has 0 spiro atoms. The van der Waals surface area contributed by atoms with Gasteiger partial charge in [-0.2, -0.15) is 23.4 Å². The van der Waals surface area contributed by atoms with Crippen molar-refractivity contribution in [2.45, 2.75) is 19.0 Å². The highest BCUT2D eigenvalue weighted by Gasteiger charge is 2.23. The zero-order valence-corrected chi connectivity index (χ0v) is 22.8. The van der Waals surface area contributed by atoms with E-state index in [0.29, 0.717) is 32.9 Å². The van der Waals surface area contributed by atoms with E-state index in [-0.39, 0.29) is 27.9 Å². The minimum absolute atomic E-state index is 0.105. The second-order valence-corrected chi connectivity index (χ2v) is 9.85. The Balaban J connectivity index is 1.41. The number of halogens is 6. The van der Waals surface area contributed by atoms with E-state index in [1.54, 1.807) is 24.4 Å². The Morgan fingerprint density at radius 3 is 2.38 bits per heavy atom. The first-order chi connectivity index (χ1) is 20.2. The van der Waals surface area contributed by atoms with Gasteiger partial charge in [-0.15, -0.1) is 5.10 Å². The summed E-state index contributed by atoms with van der Waals surface area (Å²) in [6.07, 6.45) is 7.12. The molecule has 0 aliphatic carbocycles. The van der Waals surface area contributed by atoms with Crippen LogP contribution < -0.4 is 0 Å². The number of hydrogen-bond donors (Lipinski definition) is 0. The van der Waals surface area contributed by atoms with Crippen LogP contribution in [0.25, 0.3) is 28.1 Å². The second-order valence-electron chi connectivity index (χ2n) is 9.06. The van der Waals surface area contributed by atoms with Crippen molar-refractivity contribution in [1.29, 1.82) is 0 Å². The number of alkyl halides is 2. The fourth-order valence-corrected chi connectivity index (χ4v) is 4.80. The molecule has 1 unspecified atom stereocenters. The summed E-state index contributed by atoms with van der Waals surface area (Å²) in [5.41, 5.74) is 2.07. The Kier molecular flexibility index (Phi) is 7.20. The van der Waals surface area contributed by atoms with Gasteiger partial charge < -0.3 is 0 Å². The van der Waals surface area contributed by atoms with Gasteiger partial charge >= 0.3 is 6.55 Å². The number of nitrogens with zero attached hydrogens (tertiary/aromatic N) is 11.